The Hall–Kier alpha value is -3.07. The van der Waals surface area contributed by atoms with Crippen LogP contribution in [0.1, 0.15) is 22.4 Å². The van der Waals surface area contributed by atoms with E-state index < -0.39 is 0 Å². The molecule has 3 heteroatoms. The van der Waals surface area contributed by atoms with Gasteiger partial charge < -0.3 is 0 Å². The molecule has 0 radical (unpaired) electrons. The summed E-state index contributed by atoms with van der Waals surface area (Å²) in [6, 6.07) is 15.4. The summed E-state index contributed by atoms with van der Waals surface area (Å²) in [5, 5.41) is 1.21. The van der Waals surface area contributed by atoms with Crippen LogP contribution in [0.3, 0.4) is 0 Å². The van der Waals surface area contributed by atoms with Crippen molar-refractivity contribution < 1.29 is 4.57 Å². The molecule has 0 saturated carbocycles. The highest BCUT2D eigenvalue weighted by Gasteiger charge is 2.18. The molecule has 0 aliphatic rings. The van der Waals surface area contributed by atoms with E-state index in [2.05, 4.69) is 84.8 Å². The zero-order valence-electron chi connectivity index (χ0n) is 16.5. The summed E-state index contributed by atoms with van der Waals surface area (Å²) in [6.07, 6.45) is 3.66. The summed E-state index contributed by atoms with van der Waals surface area (Å²) < 4.78 is 2.28. The lowest BCUT2D eigenvalue weighted by Gasteiger charge is -2.11. The maximum atomic E-state index is 4.53. The van der Waals surface area contributed by atoms with Crippen molar-refractivity contribution >= 4 is 10.9 Å². The highest BCUT2D eigenvalue weighted by Crippen LogP contribution is 2.27. The van der Waals surface area contributed by atoms with Gasteiger partial charge in [-0.15, -0.1) is 0 Å². The van der Waals surface area contributed by atoms with E-state index in [9.17, 15) is 0 Å². The van der Waals surface area contributed by atoms with Gasteiger partial charge in [0.1, 0.15) is 7.05 Å². The van der Waals surface area contributed by atoms with Crippen molar-refractivity contribution in [2.24, 2.45) is 7.05 Å². The van der Waals surface area contributed by atoms with Gasteiger partial charge in [-0.1, -0.05) is 17.7 Å². The summed E-state index contributed by atoms with van der Waals surface area (Å²) in [7, 11) is 2.14. The van der Waals surface area contributed by atoms with Crippen LogP contribution in [-0.2, 0) is 7.05 Å². The molecule has 134 valence electrons. The Kier molecular flexibility index (Phi) is 4.23. The Morgan fingerprint density at radius 2 is 1.59 bits per heavy atom. The van der Waals surface area contributed by atoms with Crippen LogP contribution in [0.4, 0.5) is 0 Å². The van der Waals surface area contributed by atoms with Crippen molar-refractivity contribution in [1.82, 2.24) is 9.97 Å². The van der Waals surface area contributed by atoms with Crippen LogP contribution >= 0.6 is 0 Å². The van der Waals surface area contributed by atoms with Crippen molar-refractivity contribution in [1.29, 1.82) is 0 Å². The third kappa shape index (κ3) is 3.10. The molecule has 0 saturated heterocycles. The van der Waals surface area contributed by atoms with Gasteiger partial charge in [-0.25, -0.2) is 0 Å². The second-order valence-electron chi connectivity index (χ2n) is 7.35. The van der Waals surface area contributed by atoms with E-state index in [1.54, 1.807) is 0 Å². The minimum atomic E-state index is 0.899. The Balaban J connectivity index is 1.92. The molecule has 0 bridgehead atoms. The normalized spacial score (nSPS) is 11.1. The van der Waals surface area contributed by atoms with E-state index in [1.807, 2.05) is 19.3 Å². The fourth-order valence-corrected chi connectivity index (χ4v) is 3.66. The molecular formula is C24H24N3+. The Labute approximate surface area is 160 Å². The Morgan fingerprint density at radius 3 is 2.33 bits per heavy atom. The Bertz CT molecular complexity index is 1160. The molecule has 2 aromatic heterocycles. The molecule has 0 aliphatic carbocycles. The second kappa shape index (κ2) is 6.58. The lowest BCUT2D eigenvalue weighted by Crippen LogP contribution is -2.32. The average Bonchev–Trinajstić information content (AvgIpc) is 2.66. The second-order valence-corrected chi connectivity index (χ2v) is 7.35. The van der Waals surface area contributed by atoms with Gasteiger partial charge in [0.15, 0.2) is 0 Å². The van der Waals surface area contributed by atoms with Crippen molar-refractivity contribution in [3.8, 4) is 22.5 Å². The number of hydrogen-bond acceptors (Lipinski definition) is 2. The third-order valence-electron chi connectivity index (χ3n) is 5.34. The van der Waals surface area contributed by atoms with Crippen LogP contribution in [0, 0.1) is 27.7 Å². The van der Waals surface area contributed by atoms with Crippen LogP contribution in [0.25, 0.3) is 33.4 Å². The molecule has 4 rings (SSSR count). The fraction of sp³-hybridized carbons (Fsp3) is 0.208. The summed E-state index contributed by atoms with van der Waals surface area (Å²) in [5.74, 6) is 0. The maximum Gasteiger partial charge on any atom is 0.213 e. The van der Waals surface area contributed by atoms with Crippen molar-refractivity contribution in [2.75, 3.05) is 0 Å². The quantitative estimate of drug-likeness (QED) is 0.473. The standard InChI is InChI=1S/C24H24N3/c1-15-10-16(2)18(4)21(11-15)23-9-8-19-6-7-20(12-24(19)27(23)5)22-14-25-17(3)13-26-22/h6-14H,1-5H3/q+1. The van der Waals surface area contributed by atoms with Gasteiger partial charge >= 0.3 is 0 Å². The summed E-state index contributed by atoms with van der Waals surface area (Å²) in [4.78, 5) is 8.92. The number of hydrogen-bond donors (Lipinski definition) is 0. The highest BCUT2D eigenvalue weighted by atomic mass is 14.9. The number of aromatic nitrogens is 3. The van der Waals surface area contributed by atoms with Crippen molar-refractivity contribution in [3.05, 3.63) is 77.2 Å². The summed E-state index contributed by atoms with van der Waals surface area (Å²) in [6.45, 7) is 8.49. The largest absolute Gasteiger partial charge is 0.258 e. The van der Waals surface area contributed by atoms with Gasteiger partial charge in [-0.05, 0) is 57.0 Å². The van der Waals surface area contributed by atoms with Crippen LogP contribution < -0.4 is 4.57 Å². The van der Waals surface area contributed by atoms with Crippen LogP contribution in [0.2, 0.25) is 0 Å². The van der Waals surface area contributed by atoms with Crippen molar-refractivity contribution in [3.63, 3.8) is 0 Å². The number of pyridine rings is 1. The van der Waals surface area contributed by atoms with E-state index in [1.165, 1.54) is 38.9 Å². The molecule has 27 heavy (non-hydrogen) atoms. The summed E-state index contributed by atoms with van der Waals surface area (Å²) >= 11 is 0. The fourth-order valence-electron chi connectivity index (χ4n) is 3.66. The topological polar surface area (TPSA) is 29.7 Å². The summed E-state index contributed by atoms with van der Waals surface area (Å²) in [5.41, 5.74) is 10.6. The van der Waals surface area contributed by atoms with E-state index in [-0.39, 0.29) is 0 Å². The predicted octanol–water partition coefficient (Wildman–Crippen LogP) is 5.02. The third-order valence-corrected chi connectivity index (χ3v) is 5.34. The van der Waals surface area contributed by atoms with E-state index in [0.717, 1.165) is 17.0 Å². The molecule has 0 amide bonds. The first kappa shape index (κ1) is 17.3. The lowest BCUT2D eigenvalue weighted by atomic mass is 9.96. The highest BCUT2D eigenvalue weighted by molar-refractivity contribution is 5.82. The van der Waals surface area contributed by atoms with Gasteiger partial charge in [0.05, 0.1) is 17.6 Å². The molecule has 2 aromatic carbocycles. The average molecular weight is 354 g/mol. The van der Waals surface area contributed by atoms with E-state index in [4.69, 9.17) is 0 Å². The SMILES string of the molecule is Cc1cc(C)c(C)c(-c2ccc3ccc(-c4cnc(C)cn4)cc3[n+]2C)c1. The first-order chi connectivity index (χ1) is 12.9. The molecule has 3 nitrogen and oxygen atoms in total. The minimum absolute atomic E-state index is 0.899. The van der Waals surface area contributed by atoms with Crippen LogP contribution in [-0.4, -0.2) is 9.97 Å². The molecule has 0 atom stereocenters. The van der Waals surface area contributed by atoms with Crippen LogP contribution in [0.5, 0.6) is 0 Å². The molecule has 0 unspecified atom stereocenters. The monoisotopic (exact) mass is 354 g/mol. The molecule has 2 heterocycles. The van der Waals surface area contributed by atoms with Gasteiger partial charge in [0.2, 0.25) is 11.2 Å². The molecule has 0 aliphatic heterocycles. The van der Waals surface area contributed by atoms with E-state index >= 15 is 0 Å². The first-order valence-electron chi connectivity index (χ1n) is 9.24. The minimum Gasteiger partial charge on any atom is -0.258 e. The number of rotatable bonds is 2. The number of benzene rings is 2. The maximum absolute atomic E-state index is 4.53. The first-order valence-corrected chi connectivity index (χ1v) is 9.24. The number of aryl methyl sites for hydroxylation is 4. The molecule has 0 spiro atoms. The number of nitrogens with zero attached hydrogens (tertiary/aromatic N) is 3. The van der Waals surface area contributed by atoms with E-state index in [0.29, 0.717) is 0 Å². The van der Waals surface area contributed by atoms with Gasteiger partial charge in [0, 0.05) is 34.8 Å². The molecular weight excluding hydrogens is 330 g/mol. The van der Waals surface area contributed by atoms with Crippen LogP contribution in [0.15, 0.2) is 54.9 Å². The number of fused-ring (bicyclic) bond motifs is 1. The van der Waals surface area contributed by atoms with Gasteiger partial charge in [0.25, 0.3) is 0 Å². The molecule has 4 aromatic rings. The Morgan fingerprint density at radius 1 is 0.815 bits per heavy atom. The van der Waals surface area contributed by atoms with Crippen molar-refractivity contribution in [2.45, 2.75) is 27.7 Å². The lowest BCUT2D eigenvalue weighted by molar-refractivity contribution is -0.633. The predicted molar refractivity (Wildman–Crippen MR) is 111 cm³/mol. The zero-order chi connectivity index (χ0) is 19.1. The zero-order valence-corrected chi connectivity index (χ0v) is 16.5. The smallest absolute Gasteiger partial charge is 0.213 e. The van der Waals surface area contributed by atoms with Gasteiger partial charge in [-0.2, -0.15) is 4.57 Å². The molecule has 0 fully saturated rings. The molecule has 0 N–H and O–H groups in total. The van der Waals surface area contributed by atoms with Gasteiger partial charge in [-0.3, -0.25) is 9.97 Å².